The lowest BCUT2D eigenvalue weighted by Gasteiger charge is -2.16. The quantitative estimate of drug-likeness (QED) is 0.840. The van der Waals surface area contributed by atoms with E-state index in [-0.39, 0.29) is 11.0 Å². The molecule has 1 unspecified atom stereocenters. The van der Waals surface area contributed by atoms with E-state index in [1.807, 2.05) is 25.1 Å². The lowest BCUT2D eigenvalue weighted by Crippen LogP contribution is -2.17. The maximum absolute atomic E-state index is 5.63. The van der Waals surface area contributed by atoms with E-state index >= 15 is 0 Å². The molecule has 0 bridgehead atoms. The molecule has 0 amide bonds. The molecule has 1 aromatic carbocycles. The van der Waals surface area contributed by atoms with Crippen molar-refractivity contribution in [2.45, 2.75) is 13.0 Å². The van der Waals surface area contributed by atoms with Gasteiger partial charge in [-0.2, -0.15) is 0 Å². The zero-order chi connectivity index (χ0) is 13.8. The van der Waals surface area contributed by atoms with E-state index in [0.717, 1.165) is 10.0 Å². The first kappa shape index (κ1) is 13.9. The van der Waals surface area contributed by atoms with Crippen LogP contribution in [0.1, 0.15) is 24.2 Å². The van der Waals surface area contributed by atoms with Gasteiger partial charge in [-0.3, -0.25) is 0 Å². The van der Waals surface area contributed by atoms with Crippen molar-refractivity contribution in [1.82, 2.24) is 9.97 Å². The largest absolute Gasteiger partial charge is 0.388 e. The summed E-state index contributed by atoms with van der Waals surface area (Å²) >= 11 is 8.42. The zero-order valence-corrected chi connectivity index (χ0v) is 12.7. The molecule has 0 spiro atoms. The monoisotopic (exact) mass is 336 g/mol. The molecule has 2 rings (SSSR count). The van der Waals surface area contributed by atoms with E-state index in [1.54, 1.807) is 12.4 Å². The van der Waals surface area contributed by atoms with Gasteiger partial charge in [-0.1, -0.05) is 40.3 Å². The smallest absolute Gasteiger partial charge is 0.155 e. The van der Waals surface area contributed by atoms with Gasteiger partial charge in [0.25, 0.3) is 0 Å². The SMILES string of the molecule is CC(Nc1nccnc1C(N)=S)c1cccc(Br)c1. The van der Waals surface area contributed by atoms with Crippen LogP contribution in [0, 0.1) is 0 Å². The third kappa shape index (κ3) is 3.48. The number of hydrogen-bond donors (Lipinski definition) is 2. The van der Waals surface area contributed by atoms with Crippen molar-refractivity contribution in [1.29, 1.82) is 0 Å². The van der Waals surface area contributed by atoms with E-state index in [1.165, 1.54) is 0 Å². The standard InChI is InChI=1S/C13H13BrN4S/c1-8(9-3-2-4-10(14)7-9)18-13-11(12(15)19)16-5-6-17-13/h2-8H,1H3,(H2,15,19)(H,17,18). The molecular formula is C13H13BrN4S. The molecule has 4 nitrogen and oxygen atoms in total. The third-order valence-electron chi connectivity index (χ3n) is 2.63. The summed E-state index contributed by atoms with van der Waals surface area (Å²) in [6.45, 7) is 2.04. The van der Waals surface area contributed by atoms with E-state index in [9.17, 15) is 0 Å². The van der Waals surface area contributed by atoms with Crippen LogP contribution < -0.4 is 11.1 Å². The van der Waals surface area contributed by atoms with Crippen molar-refractivity contribution < 1.29 is 0 Å². The maximum Gasteiger partial charge on any atom is 0.155 e. The second-order valence-electron chi connectivity index (χ2n) is 4.04. The Hall–Kier alpha value is -1.53. The molecule has 1 atom stereocenters. The molecule has 0 saturated heterocycles. The Kier molecular flexibility index (Phi) is 4.44. The molecule has 0 aliphatic carbocycles. The summed E-state index contributed by atoms with van der Waals surface area (Å²) in [5.74, 6) is 0.600. The van der Waals surface area contributed by atoms with Crippen LogP contribution >= 0.6 is 28.1 Å². The predicted octanol–water partition coefficient (Wildman–Crippen LogP) is 3.05. The number of aromatic nitrogens is 2. The predicted molar refractivity (Wildman–Crippen MR) is 84.1 cm³/mol. The number of nitrogens with one attached hydrogen (secondary N) is 1. The molecule has 6 heteroatoms. The van der Waals surface area contributed by atoms with Crippen molar-refractivity contribution in [3.05, 3.63) is 52.4 Å². The van der Waals surface area contributed by atoms with Crippen molar-refractivity contribution in [2.75, 3.05) is 5.32 Å². The van der Waals surface area contributed by atoms with Crippen molar-refractivity contribution in [3.8, 4) is 0 Å². The van der Waals surface area contributed by atoms with Gasteiger partial charge in [-0.05, 0) is 24.6 Å². The van der Waals surface area contributed by atoms with Gasteiger partial charge in [0.1, 0.15) is 10.7 Å². The number of rotatable bonds is 4. The molecule has 0 saturated carbocycles. The topological polar surface area (TPSA) is 63.8 Å². The fourth-order valence-electron chi connectivity index (χ4n) is 1.69. The van der Waals surface area contributed by atoms with Crippen LogP contribution in [0.25, 0.3) is 0 Å². The highest BCUT2D eigenvalue weighted by atomic mass is 79.9. The average Bonchev–Trinajstić information content (AvgIpc) is 2.39. The van der Waals surface area contributed by atoms with Crippen LogP contribution in [0.3, 0.4) is 0 Å². The highest BCUT2D eigenvalue weighted by Crippen LogP contribution is 2.22. The first-order valence-corrected chi connectivity index (χ1v) is 6.91. The minimum Gasteiger partial charge on any atom is -0.388 e. The summed E-state index contributed by atoms with van der Waals surface area (Å²) in [6, 6.07) is 8.14. The Morgan fingerprint density at radius 1 is 1.37 bits per heavy atom. The van der Waals surface area contributed by atoms with Crippen LogP contribution in [-0.4, -0.2) is 15.0 Å². The minimum atomic E-state index is 0.0716. The average molecular weight is 337 g/mol. The fraction of sp³-hybridized carbons (Fsp3) is 0.154. The number of benzene rings is 1. The second kappa shape index (κ2) is 6.08. The molecule has 1 aromatic heterocycles. The van der Waals surface area contributed by atoms with Gasteiger partial charge in [0, 0.05) is 16.9 Å². The number of halogens is 1. The van der Waals surface area contributed by atoms with Crippen molar-refractivity contribution in [3.63, 3.8) is 0 Å². The van der Waals surface area contributed by atoms with Crippen LogP contribution in [0.15, 0.2) is 41.1 Å². The van der Waals surface area contributed by atoms with Crippen LogP contribution in [0.5, 0.6) is 0 Å². The van der Waals surface area contributed by atoms with E-state index < -0.39 is 0 Å². The molecular weight excluding hydrogens is 324 g/mol. The maximum atomic E-state index is 5.63. The summed E-state index contributed by atoms with van der Waals surface area (Å²) in [5, 5.41) is 3.27. The summed E-state index contributed by atoms with van der Waals surface area (Å²) in [7, 11) is 0. The number of hydrogen-bond acceptors (Lipinski definition) is 4. The Morgan fingerprint density at radius 2 is 2.11 bits per heavy atom. The lowest BCUT2D eigenvalue weighted by molar-refractivity contribution is 0.869. The summed E-state index contributed by atoms with van der Waals surface area (Å²) in [6.07, 6.45) is 3.18. The molecule has 2 aromatic rings. The number of thiocarbonyl (C=S) groups is 1. The first-order chi connectivity index (χ1) is 9.08. The number of nitrogens with two attached hydrogens (primary N) is 1. The minimum absolute atomic E-state index is 0.0716. The van der Waals surface area contributed by atoms with Crippen LogP contribution in [-0.2, 0) is 0 Å². The Balaban J connectivity index is 2.24. The van der Waals surface area contributed by atoms with Gasteiger partial charge in [0.05, 0.1) is 6.04 Å². The first-order valence-electron chi connectivity index (χ1n) is 5.70. The molecule has 3 N–H and O–H groups in total. The Bertz CT molecular complexity index is 603. The van der Waals surface area contributed by atoms with Crippen LogP contribution in [0.2, 0.25) is 0 Å². The Morgan fingerprint density at radius 3 is 2.79 bits per heavy atom. The van der Waals surface area contributed by atoms with Gasteiger partial charge in [-0.25, -0.2) is 9.97 Å². The van der Waals surface area contributed by atoms with E-state index in [0.29, 0.717) is 11.5 Å². The Labute approximate surface area is 125 Å². The highest BCUT2D eigenvalue weighted by Gasteiger charge is 2.12. The van der Waals surface area contributed by atoms with Gasteiger partial charge in [0.2, 0.25) is 0 Å². The second-order valence-corrected chi connectivity index (χ2v) is 5.39. The number of anilines is 1. The number of nitrogens with zero attached hydrogens (tertiary/aromatic N) is 2. The molecule has 1 heterocycles. The van der Waals surface area contributed by atoms with Gasteiger partial charge < -0.3 is 11.1 Å². The molecule has 98 valence electrons. The highest BCUT2D eigenvalue weighted by molar-refractivity contribution is 9.10. The lowest BCUT2D eigenvalue weighted by atomic mass is 10.1. The van der Waals surface area contributed by atoms with Crippen molar-refractivity contribution in [2.24, 2.45) is 5.73 Å². The summed E-state index contributed by atoms with van der Waals surface area (Å²) in [5.41, 5.74) is 7.28. The normalized spacial score (nSPS) is 11.9. The van der Waals surface area contributed by atoms with Gasteiger partial charge >= 0.3 is 0 Å². The summed E-state index contributed by atoms with van der Waals surface area (Å²) in [4.78, 5) is 8.61. The van der Waals surface area contributed by atoms with Gasteiger partial charge in [-0.15, -0.1) is 0 Å². The van der Waals surface area contributed by atoms with Gasteiger partial charge in [0.15, 0.2) is 5.82 Å². The molecule has 0 fully saturated rings. The molecule has 19 heavy (non-hydrogen) atoms. The van der Waals surface area contributed by atoms with Crippen LogP contribution in [0.4, 0.5) is 5.82 Å². The van der Waals surface area contributed by atoms with E-state index in [2.05, 4.69) is 37.3 Å². The van der Waals surface area contributed by atoms with Crippen molar-refractivity contribution >= 4 is 39.0 Å². The molecule has 0 aliphatic heterocycles. The summed E-state index contributed by atoms with van der Waals surface area (Å²) < 4.78 is 1.03. The van der Waals surface area contributed by atoms with E-state index in [4.69, 9.17) is 18.0 Å². The zero-order valence-electron chi connectivity index (χ0n) is 10.3. The third-order valence-corrected chi connectivity index (χ3v) is 3.32. The molecule has 0 radical (unpaired) electrons. The fourth-order valence-corrected chi connectivity index (χ4v) is 2.25. The molecule has 0 aliphatic rings.